The Balaban J connectivity index is 2.15. The Morgan fingerprint density at radius 2 is 1.95 bits per heavy atom. The van der Waals surface area contributed by atoms with Gasteiger partial charge in [-0.25, -0.2) is 4.99 Å². The van der Waals surface area contributed by atoms with E-state index in [9.17, 15) is 4.79 Å². The number of fused-ring (bicyclic) bond motifs is 1. The number of benzene rings is 2. The fraction of sp³-hybridized carbons (Fsp3) is 0.176. The lowest BCUT2D eigenvalue weighted by atomic mass is 10.1. The van der Waals surface area contributed by atoms with E-state index in [1.807, 2.05) is 37.3 Å². The van der Waals surface area contributed by atoms with E-state index in [1.165, 1.54) is 0 Å². The number of aliphatic imine (C=N–C) groups is 1. The topological polar surface area (TPSA) is 41.5 Å². The van der Waals surface area contributed by atoms with Crippen molar-refractivity contribution in [2.24, 2.45) is 4.99 Å². The van der Waals surface area contributed by atoms with E-state index < -0.39 is 0 Å². The number of carbonyl (C=O) groups excluding carboxylic acids is 1. The van der Waals surface area contributed by atoms with Crippen molar-refractivity contribution in [3.63, 3.8) is 0 Å². The van der Waals surface area contributed by atoms with Gasteiger partial charge in [0, 0.05) is 10.6 Å². The SMILES string of the molecule is CCc1ccccc1N=C1C(=O)Nc2c1ccc(Cl)c2C. The lowest BCUT2D eigenvalue weighted by Gasteiger charge is -2.05. The monoisotopic (exact) mass is 298 g/mol. The molecule has 3 nitrogen and oxygen atoms in total. The summed E-state index contributed by atoms with van der Waals surface area (Å²) in [7, 11) is 0. The Morgan fingerprint density at radius 1 is 1.19 bits per heavy atom. The zero-order valence-corrected chi connectivity index (χ0v) is 12.7. The van der Waals surface area contributed by atoms with Crippen LogP contribution in [0.2, 0.25) is 5.02 Å². The minimum absolute atomic E-state index is 0.179. The van der Waals surface area contributed by atoms with E-state index in [0.29, 0.717) is 10.7 Å². The van der Waals surface area contributed by atoms with Gasteiger partial charge in [-0.1, -0.05) is 36.7 Å². The van der Waals surface area contributed by atoms with E-state index in [-0.39, 0.29) is 5.91 Å². The maximum atomic E-state index is 12.2. The number of hydrogen-bond acceptors (Lipinski definition) is 2. The van der Waals surface area contributed by atoms with Gasteiger partial charge in [0.2, 0.25) is 0 Å². The van der Waals surface area contributed by atoms with Crippen molar-refractivity contribution in [3.05, 3.63) is 58.1 Å². The van der Waals surface area contributed by atoms with Crippen LogP contribution >= 0.6 is 11.6 Å². The summed E-state index contributed by atoms with van der Waals surface area (Å²) in [6.45, 7) is 3.97. The summed E-state index contributed by atoms with van der Waals surface area (Å²) in [5.41, 5.74) is 4.86. The van der Waals surface area contributed by atoms with E-state index >= 15 is 0 Å². The molecule has 1 aliphatic heterocycles. The molecule has 0 aliphatic carbocycles. The van der Waals surface area contributed by atoms with Crippen molar-refractivity contribution < 1.29 is 4.79 Å². The molecule has 0 saturated carbocycles. The van der Waals surface area contributed by atoms with Crippen molar-refractivity contribution in [3.8, 4) is 0 Å². The molecule has 1 heterocycles. The van der Waals surface area contributed by atoms with Crippen LogP contribution in [-0.2, 0) is 11.2 Å². The lowest BCUT2D eigenvalue weighted by molar-refractivity contribution is -0.110. The summed E-state index contributed by atoms with van der Waals surface area (Å²) >= 11 is 6.10. The van der Waals surface area contributed by atoms with Gasteiger partial charge in [0.25, 0.3) is 5.91 Å². The summed E-state index contributed by atoms with van der Waals surface area (Å²) in [4.78, 5) is 16.8. The van der Waals surface area contributed by atoms with E-state index in [0.717, 1.165) is 34.5 Å². The normalized spacial score (nSPS) is 15.2. The minimum atomic E-state index is -0.179. The molecular weight excluding hydrogens is 284 g/mol. The van der Waals surface area contributed by atoms with Crippen LogP contribution in [0.5, 0.6) is 0 Å². The number of amides is 1. The van der Waals surface area contributed by atoms with Gasteiger partial charge in [-0.3, -0.25) is 4.79 Å². The number of nitrogens with one attached hydrogen (secondary N) is 1. The van der Waals surface area contributed by atoms with Crippen LogP contribution in [0.25, 0.3) is 0 Å². The summed E-state index contributed by atoms with van der Waals surface area (Å²) < 4.78 is 0. The average Bonchev–Trinajstić information content (AvgIpc) is 2.81. The second kappa shape index (κ2) is 5.34. The summed E-state index contributed by atoms with van der Waals surface area (Å²) in [5.74, 6) is -0.179. The van der Waals surface area contributed by atoms with Crippen molar-refractivity contribution in [2.75, 3.05) is 5.32 Å². The van der Waals surface area contributed by atoms with Gasteiger partial charge in [-0.05, 0) is 42.7 Å². The van der Waals surface area contributed by atoms with Gasteiger partial charge in [-0.15, -0.1) is 0 Å². The first kappa shape index (κ1) is 13.8. The van der Waals surface area contributed by atoms with Crippen LogP contribution in [0.4, 0.5) is 11.4 Å². The van der Waals surface area contributed by atoms with Gasteiger partial charge < -0.3 is 5.32 Å². The molecule has 1 N–H and O–H groups in total. The summed E-state index contributed by atoms with van der Waals surface area (Å²) in [6.07, 6.45) is 0.876. The Bertz CT molecular complexity index is 765. The number of aryl methyl sites for hydroxylation is 1. The zero-order chi connectivity index (χ0) is 15.0. The molecule has 0 unspecified atom stereocenters. The molecule has 4 heteroatoms. The number of hydrogen-bond donors (Lipinski definition) is 1. The standard InChI is InChI=1S/C17H15ClN2O/c1-3-11-6-4-5-7-14(11)19-16-12-8-9-13(18)10(2)15(12)20-17(16)21/h4-9H,3H2,1-2H3,(H,19,20,21). The Morgan fingerprint density at radius 3 is 2.71 bits per heavy atom. The summed E-state index contributed by atoms with van der Waals surface area (Å²) in [6, 6.07) is 11.5. The molecule has 0 aromatic heterocycles. The van der Waals surface area contributed by atoms with E-state index in [1.54, 1.807) is 6.07 Å². The molecule has 0 fully saturated rings. The van der Waals surface area contributed by atoms with Gasteiger partial charge in [0.1, 0.15) is 5.71 Å². The van der Waals surface area contributed by atoms with E-state index in [2.05, 4.69) is 17.2 Å². The van der Waals surface area contributed by atoms with Crippen molar-refractivity contribution in [1.29, 1.82) is 0 Å². The summed E-state index contributed by atoms with van der Waals surface area (Å²) in [5, 5.41) is 3.50. The van der Waals surface area contributed by atoms with Gasteiger partial charge in [0.05, 0.1) is 11.4 Å². The lowest BCUT2D eigenvalue weighted by Crippen LogP contribution is -2.14. The highest BCUT2D eigenvalue weighted by atomic mass is 35.5. The molecule has 0 spiro atoms. The maximum absolute atomic E-state index is 12.2. The first-order valence-corrected chi connectivity index (χ1v) is 7.27. The minimum Gasteiger partial charge on any atom is -0.320 e. The third kappa shape index (κ3) is 2.34. The number of rotatable bonds is 2. The second-order valence-corrected chi connectivity index (χ2v) is 5.40. The zero-order valence-electron chi connectivity index (χ0n) is 11.9. The molecule has 3 rings (SSSR count). The smallest absolute Gasteiger partial charge is 0.275 e. The van der Waals surface area contributed by atoms with Crippen molar-refractivity contribution in [2.45, 2.75) is 20.3 Å². The van der Waals surface area contributed by atoms with Crippen molar-refractivity contribution >= 4 is 34.6 Å². The molecular formula is C17H15ClN2O. The molecule has 2 aromatic carbocycles. The number of nitrogens with zero attached hydrogens (tertiary/aromatic N) is 1. The number of carbonyl (C=O) groups is 1. The quantitative estimate of drug-likeness (QED) is 0.883. The van der Waals surface area contributed by atoms with Gasteiger partial charge in [0.15, 0.2) is 0 Å². The number of para-hydroxylation sites is 1. The van der Waals surface area contributed by atoms with Crippen LogP contribution in [-0.4, -0.2) is 11.6 Å². The Hall–Kier alpha value is -2.13. The predicted molar refractivity (Wildman–Crippen MR) is 86.8 cm³/mol. The highest BCUT2D eigenvalue weighted by molar-refractivity contribution is 6.54. The number of halogens is 1. The average molecular weight is 299 g/mol. The van der Waals surface area contributed by atoms with Crippen molar-refractivity contribution in [1.82, 2.24) is 0 Å². The molecule has 0 radical (unpaired) electrons. The molecule has 21 heavy (non-hydrogen) atoms. The maximum Gasteiger partial charge on any atom is 0.275 e. The van der Waals surface area contributed by atoms with Gasteiger partial charge >= 0.3 is 0 Å². The fourth-order valence-corrected chi connectivity index (χ4v) is 2.65. The molecule has 2 aromatic rings. The number of anilines is 1. The second-order valence-electron chi connectivity index (χ2n) is 4.99. The van der Waals surface area contributed by atoms with Crippen LogP contribution in [0.15, 0.2) is 41.4 Å². The van der Waals surface area contributed by atoms with E-state index in [4.69, 9.17) is 11.6 Å². The third-order valence-corrected chi connectivity index (χ3v) is 4.12. The molecule has 0 atom stereocenters. The molecule has 0 saturated heterocycles. The first-order chi connectivity index (χ1) is 10.1. The van der Waals surface area contributed by atoms with Crippen LogP contribution in [0.3, 0.4) is 0 Å². The third-order valence-electron chi connectivity index (χ3n) is 3.71. The highest BCUT2D eigenvalue weighted by Crippen LogP contribution is 2.33. The molecule has 106 valence electrons. The predicted octanol–water partition coefficient (Wildman–Crippen LogP) is 4.28. The molecule has 0 bridgehead atoms. The van der Waals surface area contributed by atoms with Crippen LogP contribution in [0.1, 0.15) is 23.6 Å². The molecule has 1 aliphatic rings. The molecule has 1 amide bonds. The Kier molecular flexibility index (Phi) is 3.52. The largest absolute Gasteiger partial charge is 0.320 e. The highest BCUT2D eigenvalue weighted by Gasteiger charge is 2.28. The fourth-order valence-electron chi connectivity index (χ4n) is 2.49. The van der Waals surface area contributed by atoms with Crippen LogP contribution in [0, 0.1) is 6.92 Å². The Labute approximate surface area is 128 Å². The van der Waals surface area contributed by atoms with Crippen LogP contribution < -0.4 is 5.32 Å². The van der Waals surface area contributed by atoms with Gasteiger partial charge in [-0.2, -0.15) is 0 Å². The first-order valence-electron chi connectivity index (χ1n) is 6.89.